The molecule has 1 fully saturated rings. The van der Waals surface area contributed by atoms with Gasteiger partial charge in [0.1, 0.15) is 18.1 Å². The van der Waals surface area contributed by atoms with Gasteiger partial charge in [-0.05, 0) is 24.1 Å². The highest BCUT2D eigenvalue weighted by molar-refractivity contribution is 8.15. The van der Waals surface area contributed by atoms with Crippen molar-refractivity contribution in [2.75, 3.05) is 6.61 Å². The van der Waals surface area contributed by atoms with Gasteiger partial charge in [0.05, 0.1) is 5.25 Å². The van der Waals surface area contributed by atoms with E-state index in [0.29, 0.717) is 17.9 Å². The van der Waals surface area contributed by atoms with E-state index in [2.05, 4.69) is 10.5 Å². The zero-order valence-corrected chi connectivity index (χ0v) is 14.0. The number of nitrogens with zero attached hydrogens (tertiary/aromatic N) is 1. The lowest BCUT2D eigenvalue weighted by atomic mass is 10.1. The number of hydrogen-bond acceptors (Lipinski definition) is 6. The normalized spacial score (nSPS) is 17.4. The SMILES string of the molecule is O=C1NC(=O)C(Cc2ccc(OCC(=NO)c3ccccc3)cc2)S1. The average molecular weight is 356 g/mol. The molecule has 3 rings (SSSR count). The van der Waals surface area contributed by atoms with E-state index in [1.807, 2.05) is 42.5 Å². The number of carbonyl (C=O) groups excluding carboxylic acids is 2. The van der Waals surface area contributed by atoms with Crippen LogP contribution >= 0.6 is 11.8 Å². The Labute approximate surface area is 148 Å². The Balaban J connectivity index is 1.57. The van der Waals surface area contributed by atoms with Gasteiger partial charge in [-0.15, -0.1) is 0 Å². The first-order valence-electron chi connectivity index (χ1n) is 7.65. The van der Waals surface area contributed by atoms with Crippen molar-refractivity contribution in [2.45, 2.75) is 11.7 Å². The number of imide groups is 1. The van der Waals surface area contributed by atoms with Gasteiger partial charge < -0.3 is 9.94 Å². The number of nitrogens with one attached hydrogen (secondary N) is 1. The van der Waals surface area contributed by atoms with E-state index in [0.717, 1.165) is 22.9 Å². The van der Waals surface area contributed by atoms with Gasteiger partial charge >= 0.3 is 0 Å². The minimum Gasteiger partial charge on any atom is -0.487 e. The number of carbonyl (C=O) groups is 2. The monoisotopic (exact) mass is 356 g/mol. The predicted octanol–water partition coefficient (Wildman–Crippen LogP) is 2.84. The van der Waals surface area contributed by atoms with Crippen LogP contribution in [-0.4, -0.2) is 33.9 Å². The van der Waals surface area contributed by atoms with Crippen molar-refractivity contribution in [3.63, 3.8) is 0 Å². The van der Waals surface area contributed by atoms with E-state index in [1.54, 1.807) is 12.1 Å². The Morgan fingerprint density at radius 2 is 1.84 bits per heavy atom. The van der Waals surface area contributed by atoms with E-state index in [9.17, 15) is 9.59 Å². The molecule has 0 aliphatic carbocycles. The van der Waals surface area contributed by atoms with Crippen molar-refractivity contribution in [1.29, 1.82) is 0 Å². The molecule has 1 atom stereocenters. The third-order valence-electron chi connectivity index (χ3n) is 3.71. The molecule has 6 nitrogen and oxygen atoms in total. The number of thioether (sulfide) groups is 1. The zero-order chi connectivity index (χ0) is 17.6. The molecule has 7 heteroatoms. The van der Waals surface area contributed by atoms with Crippen LogP contribution in [0, 0.1) is 0 Å². The summed E-state index contributed by atoms with van der Waals surface area (Å²) in [6.45, 7) is 0.134. The highest BCUT2D eigenvalue weighted by Crippen LogP contribution is 2.23. The topological polar surface area (TPSA) is 88.0 Å². The molecule has 1 heterocycles. The third kappa shape index (κ3) is 4.39. The molecule has 2 aromatic rings. The number of amides is 2. The molecule has 1 aliphatic heterocycles. The summed E-state index contributed by atoms with van der Waals surface area (Å²) in [7, 11) is 0. The fourth-order valence-corrected chi connectivity index (χ4v) is 3.28. The largest absolute Gasteiger partial charge is 0.487 e. The summed E-state index contributed by atoms with van der Waals surface area (Å²) >= 11 is 1.01. The van der Waals surface area contributed by atoms with Crippen LogP contribution in [0.1, 0.15) is 11.1 Å². The molecular weight excluding hydrogens is 340 g/mol. The standard InChI is InChI=1S/C18H16N2O4S/c21-17-16(25-18(22)19-17)10-12-6-8-14(9-7-12)24-11-15(20-23)13-4-2-1-3-5-13/h1-9,16,23H,10-11H2,(H,19,21,22). The Kier molecular flexibility index (Phi) is 5.35. The molecule has 2 amide bonds. The van der Waals surface area contributed by atoms with Crippen molar-refractivity contribution < 1.29 is 19.5 Å². The van der Waals surface area contributed by atoms with Crippen LogP contribution in [0.4, 0.5) is 4.79 Å². The second kappa shape index (κ2) is 7.85. The zero-order valence-electron chi connectivity index (χ0n) is 13.2. The van der Waals surface area contributed by atoms with Crippen LogP contribution in [0.15, 0.2) is 59.8 Å². The van der Waals surface area contributed by atoms with E-state index >= 15 is 0 Å². The molecule has 1 saturated heterocycles. The maximum atomic E-state index is 11.6. The lowest BCUT2D eigenvalue weighted by Gasteiger charge is -2.09. The number of benzene rings is 2. The van der Waals surface area contributed by atoms with E-state index in [4.69, 9.17) is 9.94 Å². The van der Waals surface area contributed by atoms with Gasteiger partial charge in [0.2, 0.25) is 5.91 Å². The van der Waals surface area contributed by atoms with Crippen molar-refractivity contribution >= 4 is 28.6 Å². The number of ether oxygens (including phenoxy) is 1. The van der Waals surface area contributed by atoms with Crippen LogP contribution in [-0.2, 0) is 11.2 Å². The number of hydrogen-bond donors (Lipinski definition) is 2. The first-order chi connectivity index (χ1) is 12.2. The number of rotatable bonds is 6. The van der Waals surface area contributed by atoms with Gasteiger partial charge in [0.15, 0.2) is 0 Å². The van der Waals surface area contributed by atoms with Crippen molar-refractivity contribution in [1.82, 2.24) is 5.32 Å². The highest BCUT2D eigenvalue weighted by atomic mass is 32.2. The Morgan fingerprint density at radius 1 is 1.12 bits per heavy atom. The Bertz CT molecular complexity index is 790. The lowest BCUT2D eigenvalue weighted by Crippen LogP contribution is -2.25. The molecule has 0 radical (unpaired) electrons. The first-order valence-corrected chi connectivity index (χ1v) is 8.53. The summed E-state index contributed by atoms with van der Waals surface area (Å²) in [5.41, 5.74) is 2.16. The van der Waals surface area contributed by atoms with Crippen LogP contribution in [0.25, 0.3) is 0 Å². The fourth-order valence-electron chi connectivity index (χ4n) is 2.42. The van der Waals surface area contributed by atoms with Gasteiger partial charge in [-0.1, -0.05) is 59.4 Å². The maximum absolute atomic E-state index is 11.6. The maximum Gasteiger partial charge on any atom is 0.286 e. The molecule has 1 unspecified atom stereocenters. The average Bonchev–Trinajstić information content (AvgIpc) is 2.95. The van der Waals surface area contributed by atoms with Gasteiger partial charge in [0.25, 0.3) is 5.24 Å². The number of oxime groups is 1. The van der Waals surface area contributed by atoms with E-state index in [1.165, 1.54) is 0 Å². The van der Waals surface area contributed by atoms with Crippen molar-refractivity contribution in [3.8, 4) is 5.75 Å². The van der Waals surface area contributed by atoms with Gasteiger partial charge in [-0.2, -0.15) is 0 Å². The summed E-state index contributed by atoms with van der Waals surface area (Å²) < 4.78 is 5.65. The third-order valence-corrected chi connectivity index (χ3v) is 4.70. The summed E-state index contributed by atoms with van der Waals surface area (Å²) in [5, 5.41) is 14.0. The van der Waals surface area contributed by atoms with E-state index in [-0.39, 0.29) is 23.0 Å². The molecule has 2 aromatic carbocycles. The second-order valence-electron chi connectivity index (χ2n) is 5.43. The highest BCUT2D eigenvalue weighted by Gasteiger charge is 2.31. The van der Waals surface area contributed by atoms with Crippen LogP contribution in [0.5, 0.6) is 5.75 Å². The quantitative estimate of drug-likeness (QED) is 0.472. The first kappa shape index (κ1) is 17.0. The second-order valence-corrected chi connectivity index (χ2v) is 6.61. The molecule has 25 heavy (non-hydrogen) atoms. The molecule has 1 aliphatic rings. The lowest BCUT2D eigenvalue weighted by molar-refractivity contribution is -0.118. The van der Waals surface area contributed by atoms with Crippen molar-refractivity contribution in [2.24, 2.45) is 5.16 Å². The Hall–Kier alpha value is -2.80. The Morgan fingerprint density at radius 3 is 2.44 bits per heavy atom. The molecule has 0 aromatic heterocycles. The summed E-state index contributed by atoms with van der Waals surface area (Å²) in [4.78, 5) is 22.8. The van der Waals surface area contributed by atoms with Crippen LogP contribution < -0.4 is 10.1 Å². The minimum absolute atomic E-state index is 0.134. The molecule has 128 valence electrons. The predicted molar refractivity (Wildman–Crippen MR) is 95.3 cm³/mol. The molecule has 0 saturated carbocycles. The summed E-state index contributed by atoms with van der Waals surface area (Å²) in [5.74, 6) is 0.377. The molecule has 0 spiro atoms. The van der Waals surface area contributed by atoms with Crippen LogP contribution in [0.2, 0.25) is 0 Å². The smallest absolute Gasteiger partial charge is 0.286 e. The molecule has 2 N–H and O–H groups in total. The van der Waals surface area contributed by atoms with E-state index < -0.39 is 0 Å². The summed E-state index contributed by atoms with van der Waals surface area (Å²) in [6, 6.07) is 16.6. The minimum atomic E-state index is -0.384. The van der Waals surface area contributed by atoms with Gasteiger partial charge in [-0.3, -0.25) is 14.9 Å². The van der Waals surface area contributed by atoms with Crippen LogP contribution in [0.3, 0.4) is 0 Å². The fraction of sp³-hybridized carbons (Fsp3) is 0.167. The molecule has 0 bridgehead atoms. The summed E-state index contributed by atoms with van der Waals surface area (Å²) in [6.07, 6.45) is 0.482. The molecular formula is C18H16N2O4S. The van der Waals surface area contributed by atoms with Gasteiger partial charge in [-0.25, -0.2) is 0 Å². The van der Waals surface area contributed by atoms with Gasteiger partial charge in [0, 0.05) is 5.56 Å². The van der Waals surface area contributed by atoms with Crippen molar-refractivity contribution in [3.05, 3.63) is 65.7 Å².